The molecule has 86 valence electrons. The quantitative estimate of drug-likeness (QED) is 0.837. The molecule has 1 aliphatic heterocycles. The normalized spacial score (nSPS) is 16.2. The second kappa shape index (κ2) is 4.51. The molecule has 0 bridgehead atoms. The lowest BCUT2D eigenvalue weighted by Crippen LogP contribution is -2.30. The number of anilines is 1. The summed E-state index contributed by atoms with van der Waals surface area (Å²) in [7, 11) is 0. The van der Waals surface area contributed by atoms with Crippen LogP contribution in [0, 0.1) is 5.82 Å². The molecule has 0 aliphatic carbocycles. The Balaban J connectivity index is 2.36. The van der Waals surface area contributed by atoms with E-state index >= 15 is 0 Å². The molecule has 0 amide bonds. The maximum atomic E-state index is 13.1. The van der Waals surface area contributed by atoms with Gasteiger partial charge in [0.1, 0.15) is 5.82 Å². The third kappa shape index (κ3) is 2.15. The topological polar surface area (TPSA) is 40.5 Å². The Bertz CT molecular complexity index is 400. The lowest BCUT2D eigenvalue weighted by Gasteiger charge is -2.29. The number of nitrogens with zero attached hydrogens (tertiary/aromatic N) is 1. The number of benzene rings is 1. The zero-order chi connectivity index (χ0) is 11.5. The molecule has 1 aromatic rings. The van der Waals surface area contributed by atoms with Gasteiger partial charge in [0, 0.05) is 13.1 Å². The SMILES string of the molecule is O=C(O)c1ccc(F)cc1N1CCCCC1. The Kier molecular flexibility index (Phi) is 3.08. The summed E-state index contributed by atoms with van der Waals surface area (Å²) in [5.41, 5.74) is 0.690. The van der Waals surface area contributed by atoms with E-state index in [2.05, 4.69) is 0 Å². The molecule has 1 N–H and O–H groups in total. The van der Waals surface area contributed by atoms with Crippen LogP contribution >= 0.6 is 0 Å². The number of hydrogen-bond acceptors (Lipinski definition) is 2. The Labute approximate surface area is 93.5 Å². The first kappa shape index (κ1) is 10.9. The molecule has 1 heterocycles. The molecule has 0 aromatic heterocycles. The fourth-order valence-electron chi connectivity index (χ4n) is 2.08. The van der Waals surface area contributed by atoms with Crippen molar-refractivity contribution < 1.29 is 14.3 Å². The molecule has 0 unspecified atom stereocenters. The van der Waals surface area contributed by atoms with E-state index in [0.717, 1.165) is 32.4 Å². The minimum atomic E-state index is -0.999. The molecular weight excluding hydrogens is 209 g/mol. The van der Waals surface area contributed by atoms with Crippen molar-refractivity contribution in [2.45, 2.75) is 19.3 Å². The molecule has 1 aromatic carbocycles. The monoisotopic (exact) mass is 223 g/mol. The van der Waals surface area contributed by atoms with Gasteiger partial charge in [0.2, 0.25) is 0 Å². The average molecular weight is 223 g/mol. The number of aromatic carboxylic acids is 1. The smallest absolute Gasteiger partial charge is 0.337 e. The van der Waals surface area contributed by atoms with Gasteiger partial charge in [0.15, 0.2) is 0 Å². The molecule has 0 spiro atoms. The van der Waals surface area contributed by atoms with Crippen molar-refractivity contribution in [3.63, 3.8) is 0 Å². The summed E-state index contributed by atoms with van der Waals surface area (Å²) >= 11 is 0. The molecule has 16 heavy (non-hydrogen) atoms. The van der Waals surface area contributed by atoms with E-state index in [1.54, 1.807) is 0 Å². The Morgan fingerprint density at radius 1 is 1.25 bits per heavy atom. The zero-order valence-electron chi connectivity index (χ0n) is 8.95. The van der Waals surface area contributed by atoms with E-state index in [-0.39, 0.29) is 11.4 Å². The van der Waals surface area contributed by atoms with Gasteiger partial charge in [-0.3, -0.25) is 0 Å². The number of carboxylic acids is 1. The lowest BCUT2D eigenvalue weighted by atomic mass is 10.1. The van der Waals surface area contributed by atoms with Gasteiger partial charge in [-0.05, 0) is 37.5 Å². The third-order valence-corrected chi connectivity index (χ3v) is 2.89. The summed E-state index contributed by atoms with van der Waals surface area (Å²) in [5, 5.41) is 9.04. The van der Waals surface area contributed by atoms with E-state index in [0.29, 0.717) is 5.69 Å². The Morgan fingerprint density at radius 2 is 1.94 bits per heavy atom. The molecule has 0 saturated carbocycles. The second-order valence-corrected chi connectivity index (χ2v) is 4.01. The van der Waals surface area contributed by atoms with Crippen LogP contribution in [0.5, 0.6) is 0 Å². The fraction of sp³-hybridized carbons (Fsp3) is 0.417. The van der Waals surface area contributed by atoms with Crippen molar-refractivity contribution in [2.75, 3.05) is 18.0 Å². The van der Waals surface area contributed by atoms with Crippen molar-refractivity contribution in [1.82, 2.24) is 0 Å². The summed E-state index contributed by atoms with van der Waals surface area (Å²) < 4.78 is 13.1. The number of piperidine rings is 1. The molecule has 0 atom stereocenters. The van der Waals surface area contributed by atoms with Gasteiger partial charge in [0.05, 0.1) is 11.3 Å². The average Bonchev–Trinajstić information content (AvgIpc) is 2.29. The Hall–Kier alpha value is -1.58. The van der Waals surface area contributed by atoms with Crippen LogP contribution in [-0.4, -0.2) is 24.2 Å². The lowest BCUT2D eigenvalue weighted by molar-refractivity contribution is 0.0697. The molecule has 3 nitrogen and oxygen atoms in total. The number of rotatable bonds is 2. The van der Waals surface area contributed by atoms with Gasteiger partial charge in [-0.25, -0.2) is 9.18 Å². The molecule has 1 saturated heterocycles. The van der Waals surface area contributed by atoms with Crippen LogP contribution in [0.1, 0.15) is 29.6 Å². The van der Waals surface area contributed by atoms with Crippen LogP contribution < -0.4 is 4.90 Å². The van der Waals surface area contributed by atoms with Crippen molar-refractivity contribution in [3.05, 3.63) is 29.6 Å². The van der Waals surface area contributed by atoms with Gasteiger partial charge in [-0.2, -0.15) is 0 Å². The predicted molar refractivity (Wildman–Crippen MR) is 59.4 cm³/mol. The van der Waals surface area contributed by atoms with Gasteiger partial charge in [-0.15, -0.1) is 0 Å². The van der Waals surface area contributed by atoms with E-state index in [1.807, 2.05) is 4.90 Å². The second-order valence-electron chi connectivity index (χ2n) is 4.01. The summed E-state index contributed by atoms with van der Waals surface area (Å²) in [4.78, 5) is 13.0. The number of carbonyl (C=O) groups is 1. The number of hydrogen-bond donors (Lipinski definition) is 1. The first-order valence-electron chi connectivity index (χ1n) is 5.46. The highest BCUT2D eigenvalue weighted by Gasteiger charge is 2.18. The number of carboxylic acid groups (broad SMARTS) is 1. The fourth-order valence-corrected chi connectivity index (χ4v) is 2.08. The van der Waals surface area contributed by atoms with Crippen LogP contribution in [-0.2, 0) is 0 Å². The minimum Gasteiger partial charge on any atom is -0.478 e. The summed E-state index contributed by atoms with van der Waals surface area (Å²) in [6.07, 6.45) is 3.24. The summed E-state index contributed by atoms with van der Waals surface area (Å²) in [6, 6.07) is 3.84. The maximum absolute atomic E-state index is 13.1. The maximum Gasteiger partial charge on any atom is 0.337 e. The van der Waals surface area contributed by atoms with Crippen LogP contribution in [0.3, 0.4) is 0 Å². The van der Waals surface area contributed by atoms with E-state index in [9.17, 15) is 9.18 Å². The van der Waals surface area contributed by atoms with Crippen LogP contribution in [0.2, 0.25) is 0 Å². The number of halogens is 1. The van der Waals surface area contributed by atoms with Gasteiger partial charge >= 0.3 is 5.97 Å². The Morgan fingerprint density at radius 3 is 2.56 bits per heavy atom. The zero-order valence-corrected chi connectivity index (χ0v) is 8.95. The van der Waals surface area contributed by atoms with Crippen LogP contribution in [0.4, 0.5) is 10.1 Å². The summed E-state index contributed by atoms with van der Waals surface area (Å²) in [5.74, 6) is -1.38. The molecule has 4 heteroatoms. The third-order valence-electron chi connectivity index (χ3n) is 2.89. The molecule has 2 rings (SSSR count). The molecule has 0 radical (unpaired) electrons. The highest BCUT2D eigenvalue weighted by molar-refractivity contribution is 5.94. The molecular formula is C12H14FNO2. The first-order valence-corrected chi connectivity index (χ1v) is 5.46. The largest absolute Gasteiger partial charge is 0.478 e. The standard InChI is InChI=1S/C12H14FNO2/c13-9-4-5-10(12(15)16)11(8-9)14-6-2-1-3-7-14/h4-5,8H,1-3,6-7H2,(H,15,16). The first-order chi connectivity index (χ1) is 7.68. The van der Waals surface area contributed by atoms with Crippen LogP contribution in [0.25, 0.3) is 0 Å². The predicted octanol–water partition coefficient (Wildman–Crippen LogP) is 2.51. The highest BCUT2D eigenvalue weighted by Crippen LogP contribution is 2.25. The van der Waals surface area contributed by atoms with E-state index in [4.69, 9.17) is 5.11 Å². The van der Waals surface area contributed by atoms with Gasteiger partial charge in [0.25, 0.3) is 0 Å². The summed E-state index contributed by atoms with van der Waals surface area (Å²) in [6.45, 7) is 1.62. The van der Waals surface area contributed by atoms with Crippen molar-refractivity contribution in [3.8, 4) is 0 Å². The van der Waals surface area contributed by atoms with Gasteiger partial charge in [-0.1, -0.05) is 0 Å². The minimum absolute atomic E-state index is 0.184. The molecule has 1 fully saturated rings. The van der Waals surface area contributed by atoms with Gasteiger partial charge < -0.3 is 10.0 Å². The van der Waals surface area contributed by atoms with Crippen molar-refractivity contribution in [1.29, 1.82) is 0 Å². The van der Waals surface area contributed by atoms with E-state index in [1.165, 1.54) is 18.2 Å². The molecule has 1 aliphatic rings. The van der Waals surface area contributed by atoms with Crippen molar-refractivity contribution in [2.24, 2.45) is 0 Å². The van der Waals surface area contributed by atoms with Crippen molar-refractivity contribution >= 4 is 11.7 Å². The highest BCUT2D eigenvalue weighted by atomic mass is 19.1. The van der Waals surface area contributed by atoms with Crippen LogP contribution in [0.15, 0.2) is 18.2 Å². The van der Waals surface area contributed by atoms with E-state index < -0.39 is 5.97 Å².